The molecule has 0 aliphatic carbocycles. The Labute approximate surface area is 260 Å². The predicted molar refractivity (Wildman–Crippen MR) is 169 cm³/mol. The number of hydrogen-bond acceptors (Lipinski definition) is 8. The molecule has 8 rings (SSSR count). The molecule has 2 N–H and O–H groups in total. The summed E-state index contributed by atoms with van der Waals surface area (Å²) >= 11 is 0. The summed E-state index contributed by atoms with van der Waals surface area (Å²) in [6, 6.07) is 9.24. The van der Waals surface area contributed by atoms with Crippen LogP contribution in [0.2, 0.25) is 0 Å². The molecule has 0 saturated carbocycles. The van der Waals surface area contributed by atoms with Crippen molar-refractivity contribution < 1.29 is 18.6 Å². The highest BCUT2D eigenvalue weighted by Crippen LogP contribution is 2.43. The standard InChI is InChI=1S/C35H34F2N6O2/c1-3-21-6-4-7-22-12-26(44)13-27(29(21)22)31-30(37)32-28(15-38-31)33(42-17-24-8-9-25(18-42)39-24)41-34(40-32)45-19-35-10-5-11-43(35)16-23(14-35)20(2)36/h1,4,6-7,12-13,15,24-25,39,44H,5,8-11,14,16-19H2,2H3. The van der Waals surface area contributed by atoms with Crippen LogP contribution in [0.4, 0.5) is 14.6 Å². The zero-order valence-electron chi connectivity index (χ0n) is 25.1. The number of nitrogens with one attached hydrogen (secondary N) is 1. The first-order chi connectivity index (χ1) is 21.8. The van der Waals surface area contributed by atoms with Gasteiger partial charge in [-0.3, -0.25) is 9.88 Å². The van der Waals surface area contributed by atoms with Gasteiger partial charge in [-0.25, -0.2) is 8.78 Å². The molecule has 4 aliphatic rings. The highest BCUT2D eigenvalue weighted by atomic mass is 19.1. The Kier molecular flexibility index (Phi) is 6.66. The highest BCUT2D eigenvalue weighted by Gasteiger charge is 2.48. The van der Waals surface area contributed by atoms with E-state index < -0.39 is 5.82 Å². The molecule has 3 unspecified atom stereocenters. The van der Waals surface area contributed by atoms with E-state index in [0.717, 1.165) is 50.9 Å². The predicted octanol–water partition coefficient (Wildman–Crippen LogP) is 5.47. The van der Waals surface area contributed by atoms with Gasteiger partial charge in [0.2, 0.25) is 0 Å². The largest absolute Gasteiger partial charge is 0.508 e. The van der Waals surface area contributed by atoms with Crippen molar-refractivity contribution in [2.75, 3.05) is 37.7 Å². The topological polar surface area (TPSA) is 86.6 Å². The maximum atomic E-state index is 16.8. The maximum absolute atomic E-state index is 16.8. The van der Waals surface area contributed by atoms with Gasteiger partial charge in [0.05, 0.1) is 16.8 Å². The number of allylic oxidation sites excluding steroid dienone is 1. The van der Waals surface area contributed by atoms with Crippen LogP contribution >= 0.6 is 0 Å². The van der Waals surface area contributed by atoms with Crippen molar-refractivity contribution in [3.05, 3.63) is 59.3 Å². The van der Waals surface area contributed by atoms with Gasteiger partial charge in [-0.2, -0.15) is 9.97 Å². The number of phenols is 1. The average Bonchev–Trinajstić information content (AvgIpc) is 3.70. The minimum atomic E-state index is -0.641. The lowest BCUT2D eigenvalue weighted by atomic mass is 9.93. The van der Waals surface area contributed by atoms with Crippen LogP contribution in [0.15, 0.2) is 47.9 Å². The average molecular weight is 609 g/mol. The third-order valence-corrected chi connectivity index (χ3v) is 10.2. The van der Waals surface area contributed by atoms with Gasteiger partial charge in [-0.05, 0) is 74.7 Å². The summed E-state index contributed by atoms with van der Waals surface area (Å²) in [4.78, 5) is 18.6. The smallest absolute Gasteiger partial charge is 0.319 e. The van der Waals surface area contributed by atoms with Gasteiger partial charge in [0.15, 0.2) is 5.82 Å². The van der Waals surface area contributed by atoms with Crippen molar-refractivity contribution in [1.82, 2.24) is 25.2 Å². The fourth-order valence-electron chi connectivity index (χ4n) is 7.97. The van der Waals surface area contributed by atoms with Crippen molar-refractivity contribution in [3.8, 4) is 35.4 Å². The fraction of sp³-hybridized carbons (Fsp3) is 0.400. The quantitative estimate of drug-likeness (QED) is 0.289. The Hall–Kier alpha value is -4.33. The van der Waals surface area contributed by atoms with Crippen molar-refractivity contribution >= 4 is 27.5 Å². The number of anilines is 1. The fourth-order valence-corrected chi connectivity index (χ4v) is 7.97. The molecule has 8 nitrogen and oxygen atoms in total. The van der Waals surface area contributed by atoms with E-state index >= 15 is 4.39 Å². The first-order valence-corrected chi connectivity index (χ1v) is 15.6. The molecule has 10 heteroatoms. The van der Waals surface area contributed by atoms with Crippen LogP contribution in [-0.2, 0) is 0 Å². The van der Waals surface area contributed by atoms with E-state index in [2.05, 4.69) is 31.0 Å². The molecular formula is C35H34F2N6O2. The molecule has 2 bridgehead atoms. The van der Waals surface area contributed by atoms with E-state index in [-0.39, 0.29) is 40.9 Å². The SMILES string of the molecule is C#Cc1cccc2cc(O)cc(-c3ncc4c(N5CC6CCC(C5)N6)nc(OCC56CCCN5CC(=C(C)F)C6)nc4c3F)c12. The molecule has 4 fully saturated rings. The number of benzene rings is 2. The first-order valence-electron chi connectivity index (χ1n) is 15.6. The Bertz CT molecular complexity index is 1920. The summed E-state index contributed by atoms with van der Waals surface area (Å²) in [7, 11) is 0. The normalized spacial score (nSPS) is 25.6. The number of piperazine rings is 1. The van der Waals surface area contributed by atoms with E-state index in [1.165, 1.54) is 13.0 Å². The number of rotatable bonds is 5. The van der Waals surface area contributed by atoms with Gasteiger partial charge < -0.3 is 20.1 Å². The van der Waals surface area contributed by atoms with Gasteiger partial charge in [-0.15, -0.1) is 6.42 Å². The molecule has 4 saturated heterocycles. The van der Waals surface area contributed by atoms with Gasteiger partial charge in [0, 0.05) is 54.4 Å². The van der Waals surface area contributed by atoms with Crippen LogP contribution in [0.1, 0.15) is 44.6 Å². The van der Waals surface area contributed by atoms with Crippen LogP contribution in [0.3, 0.4) is 0 Å². The van der Waals surface area contributed by atoms with Crippen molar-refractivity contribution in [1.29, 1.82) is 0 Å². The first kappa shape index (κ1) is 28.2. The summed E-state index contributed by atoms with van der Waals surface area (Å²) in [5.41, 5.74) is 1.55. The Morgan fingerprint density at radius 1 is 1.22 bits per heavy atom. The van der Waals surface area contributed by atoms with E-state index in [1.807, 2.05) is 6.07 Å². The molecule has 0 amide bonds. The number of hydrogen-bond donors (Lipinski definition) is 2. The number of fused-ring (bicyclic) bond motifs is 5. The lowest BCUT2D eigenvalue weighted by Gasteiger charge is -2.34. The molecule has 2 aromatic heterocycles. The molecule has 230 valence electrons. The van der Waals surface area contributed by atoms with Crippen LogP contribution in [0, 0.1) is 18.2 Å². The zero-order valence-corrected chi connectivity index (χ0v) is 25.1. The second kappa shape index (κ2) is 10.6. The monoisotopic (exact) mass is 608 g/mol. The van der Waals surface area contributed by atoms with Crippen molar-refractivity contribution in [2.45, 2.75) is 56.7 Å². The number of terminal acetylenes is 1. The second-order valence-corrected chi connectivity index (χ2v) is 12.9. The van der Waals surface area contributed by atoms with E-state index in [1.54, 1.807) is 24.4 Å². The Morgan fingerprint density at radius 2 is 2.04 bits per heavy atom. The third-order valence-electron chi connectivity index (χ3n) is 10.2. The molecule has 3 atom stereocenters. The van der Waals surface area contributed by atoms with Crippen LogP contribution in [-0.4, -0.2) is 75.4 Å². The molecule has 0 radical (unpaired) electrons. The van der Waals surface area contributed by atoms with Gasteiger partial charge >= 0.3 is 6.01 Å². The van der Waals surface area contributed by atoms with E-state index in [9.17, 15) is 9.50 Å². The maximum Gasteiger partial charge on any atom is 0.319 e. The number of nitrogens with zero attached hydrogens (tertiary/aromatic N) is 5. The number of phenolic OH excluding ortho intramolecular Hbond substituents is 1. The van der Waals surface area contributed by atoms with E-state index in [4.69, 9.17) is 16.1 Å². The number of aromatic nitrogens is 3. The number of ether oxygens (including phenoxy) is 1. The summed E-state index contributed by atoms with van der Waals surface area (Å²) in [6.07, 6.45) is 12.1. The third kappa shape index (κ3) is 4.68. The second-order valence-electron chi connectivity index (χ2n) is 12.9. The lowest BCUT2D eigenvalue weighted by Crippen LogP contribution is -2.51. The summed E-state index contributed by atoms with van der Waals surface area (Å²) in [5.74, 6) is 2.48. The minimum absolute atomic E-state index is 0.0227. The van der Waals surface area contributed by atoms with Crippen LogP contribution in [0.5, 0.6) is 11.8 Å². The lowest BCUT2D eigenvalue weighted by molar-refractivity contribution is 0.108. The van der Waals surface area contributed by atoms with Crippen molar-refractivity contribution in [3.63, 3.8) is 0 Å². The minimum Gasteiger partial charge on any atom is -0.508 e. The molecule has 0 spiro atoms. The summed E-state index contributed by atoms with van der Waals surface area (Å²) in [5, 5.41) is 16.0. The Morgan fingerprint density at radius 3 is 2.82 bits per heavy atom. The number of pyridine rings is 1. The Balaban J connectivity index is 1.25. The highest BCUT2D eigenvalue weighted by molar-refractivity contribution is 6.02. The molecule has 4 aromatic rings. The number of aromatic hydroxyl groups is 1. The molecule has 6 heterocycles. The van der Waals surface area contributed by atoms with Crippen LogP contribution in [0.25, 0.3) is 32.9 Å². The summed E-state index contributed by atoms with van der Waals surface area (Å²) in [6.45, 7) is 4.74. The van der Waals surface area contributed by atoms with Crippen LogP contribution < -0.4 is 15.0 Å². The van der Waals surface area contributed by atoms with Crippen molar-refractivity contribution in [2.24, 2.45) is 0 Å². The number of halogens is 2. The summed E-state index contributed by atoms with van der Waals surface area (Å²) < 4.78 is 37.4. The van der Waals surface area contributed by atoms with Gasteiger partial charge in [0.25, 0.3) is 0 Å². The van der Waals surface area contributed by atoms with E-state index in [0.29, 0.717) is 58.2 Å². The van der Waals surface area contributed by atoms with Gasteiger partial charge in [0.1, 0.15) is 29.4 Å². The van der Waals surface area contributed by atoms with Gasteiger partial charge in [-0.1, -0.05) is 18.1 Å². The molecule has 4 aliphatic heterocycles. The molecule has 45 heavy (non-hydrogen) atoms. The molecular weight excluding hydrogens is 574 g/mol. The molecule has 2 aromatic carbocycles. The zero-order chi connectivity index (χ0) is 30.9.